The molecule has 0 saturated carbocycles. The summed E-state index contributed by atoms with van der Waals surface area (Å²) in [4.78, 5) is 11.9. The van der Waals surface area contributed by atoms with Crippen molar-refractivity contribution in [2.24, 2.45) is 5.10 Å². The zero-order chi connectivity index (χ0) is 16.8. The average molecular weight is 398 g/mol. The highest BCUT2D eigenvalue weighted by molar-refractivity contribution is 9.10. The van der Waals surface area contributed by atoms with Gasteiger partial charge in [-0.15, -0.1) is 0 Å². The number of ether oxygens (including phenoxy) is 2. The van der Waals surface area contributed by atoms with Crippen molar-refractivity contribution in [1.82, 2.24) is 5.43 Å². The fourth-order valence-corrected chi connectivity index (χ4v) is 2.68. The third kappa shape index (κ3) is 4.46. The maximum absolute atomic E-state index is 11.9. The summed E-state index contributed by atoms with van der Waals surface area (Å²) in [5.41, 5.74) is 3.62. The zero-order valence-electron chi connectivity index (χ0n) is 12.5. The van der Waals surface area contributed by atoms with Crippen molar-refractivity contribution in [3.8, 4) is 11.5 Å². The van der Waals surface area contributed by atoms with Gasteiger partial charge in [-0.05, 0) is 51.8 Å². The smallest absolute Gasteiger partial charge is 0.271 e. The van der Waals surface area contributed by atoms with E-state index < -0.39 is 0 Å². The first-order chi connectivity index (χ1) is 11.0. The maximum atomic E-state index is 11.9. The molecule has 0 unspecified atom stereocenters. The molecule has 7 heteroatoms. The van der Waals surface area contributed by atoms with E-state index in [-0.39, 0.29) is 5.91 Å². The van der Waals surface area contributed by atoms with Gasteiger partial charge in [0, 0.05) is 10.6 Å². The van der Waals surface area contributed by atoms with E-state index in [1.54, 1.807) is 50.6 Å². The van der Waals surface area contributed by atoms with E-state index in [1.807, 2.05) is 0 Å². The van der Waals surface area contributed by atoms with E-state index >= 15 is 0 Å². The summed E-state index contributed by atoms with van der Waals surface area (Å²) in [7, 11) is 3.10. The number of halogens is 2. The molecule has 0 aliphatic rings. The standard InChI is InChI=1S/C16H14BrClN2O3/c1-22-14-7-10(6-13(17)15(14)23-2)9-19-20-16(21)11-4-3-5-12(18)8-11/h3-9H,1-2H3,(H,20,21)/b19-9-. The molecule has 2 aromatic rings. The first kappa shape index (κ1) is 17.3. The molecule has 0 atom stereocenters. The van der Waals surface area contributed by atoms with E-state index in [1.165, 1.54) is 6.21 Å². The molecule has 2 rings (SSSR count). The molecule has 0 heterocycles. The topological polar surface area (TPSA) is 59.9 Å². The first-order valence-corrected chi connectivity index (χ1v) is 7.72. The van der Waals surface area contributed by atoms with E-state index in [2.05, 4.69) is 26.5 Å². The van der Waals surface area contributed by atoms with Crippen molar-refractivity contribution in [1.29, 1.82) is 0 Å². The first-order valence-electron chi connectivity index (χ1n) is 6.55. The fourth-order valence-electron chi connectivity index (χ4n) is 1.87. The van der Waals surface area contributed by atoms with E-state index in [9.17, 15) is 4.79 Å². The molecule has 0 aromatic heterocycles. The van der Waals surface area contributed by atoms with Gasteiger partial charge in [0.05, 0.1) is 24.9 Å². The van der Waals surface area contributed by atoms with Crippen LogP contribution in [0.25, 0.3) is 0 Å². The third-order valence-corrected chi connectivity index (χ3v) is 3.75. The number of rotatable bonds is 5. The second-order valence-corrected chi connectivity index (χ2v) is 5.74. The number of benzene rings is 2. The molecule has 0 saturated heterocycles. The molecule has 1 amide bonds. The van der Waals surface area contributed by atoms with Crippen LogP contribution < -0.4 is 14.9 Å². The van der Waals surface area contributed by atoms with E-state index in [0.717, 1.165) is 10.0 Å². The SMILES string of the molecule is COc1cc(/C=N\NC(=O)c2cccc(Cl)c2)cc(Br)c1OC. The van der Waals surface area contributed by atoms with Crippen LogP contribution in [0.2, 0.25) is 5.02 Å². The minimum atomic E-state index is -0.344. The lowest BCUT2D eigenvalue weighted by Gasteiger charge is -2.10. The minimum Gasteiger partial charge on any atom is -0.493 e. The quantitative estimate of drug-likeness (QED) is 0.615. The normalized spacial score (nSPS) is 10.6. The summed E-state index contributed by atoms with van der Waals surface area (Å²) in [6.45, 7) is 0. The highest BCUT2D eigenvalue weighted by Crippen LogP contribution is 2.35. The molecule has 23 heavy (non-hydrogen) atoms. The van der Waals surface area contributed by atoms with E-state index in [4.69, 9.17) is 21.1 Å². The molecular formula is C16H14BrClN2O3. The molecule has 0 spiro atoms. The molecule has 0 radical (unpaired) electrons. The van der Waals surface area contributed by atoms with Gasteiger partial charge in [0.25, 0.3) is 5.91 Å². The number of hydrogen-bond donors (Lipinski definition) is 1. The Hall–Kier alpha value is -2.05. The number of nitrogens with one attached hydrogen (secondary N) is 1. The van der Waals surface area contributed by atoms with Gasteiger partial charge in [-0.2, -0.15) is 5.10 Å². The zero-order valence-corrected chi connectivity index (χ0v) is 14.8. The monoisotopic (exact) mass is 396 g/mol. The van der Waals surface area contributed by atoms with Crippen molar-refractivity contribution in [2.75, 3.05) is 14.2 Å². The summed E-state index contributed by atoms with van der Waals surface area (Å²) in [6, 6.07) is 10.2. The van der Waals surface area contributed by atoms with Gasteiger partial charge in [0.1, 0.15) is 0 Å². The largest absolute Gasteiger partial charge is 0.493 e. The summed E-state index contributed by atoms with van der Waals surface area (Å²) in [5, 5.41) is 4.43. The Bertz CT molecular complexity index is 750. The van der Waals surface area contributed by atoms with Crippen molar-refractivity contribution in [2.45, 2.75) is 0 Å². The van der Waals surface area contributed by atoms with Gasteiger partial charge < -0.3 is 9.47 Å². The lowest BCUT2D eigenvalue weighted by atomic mass is 10.2. The van der Waals surface area contributed by atoms with Crippen LogP contribution in [0.15, 0.2) is 46.0 Å². The highest BCUT2D eigenvalue weighted by atomic mass is 79.9. The van der Waals surface area contributed by atoms with Gasteiger partial charge in [0.2, 0.25) is 0 Å². The van der Waals surface area contributed by atoms with Crippen LogP contribution in [0.3, 0.4) is 0 Å². The lowest BCUT2D eigenvalue weighted by Crippen LogP contribution is -2.17. The fraction of sp³-hybridized carbons (Fsp3) is 0.125. The molecule has 5 nitrogen and oxygen atoms in total. The number of methoxy groups -OCH3 is 2. The number of carbonyl (C=O) groups excluding carboxylic acids is 1. The van der Waals surface area contributed by atoms with Crippen LogP contribution >= 0.6 is 27.5 Å². The second kappa shape index (κ2) is 7.99. The van der Waals surface area contributed by atoms with Crippen LogP contribution in [0.4, 0.5) is 0 Å². The summed E-state index contributed by atoms with van der Waals surface area (Å²) < 4.78 is 11.2. The Morgan fingerprint density at radius 1 is 1.26 bits per heavy atom. The Morgan fingerprint density at radius 3 is 2.70 bits per heavy atom. The van der Waals surface area contributed by atoms with Crippen molar-refractivity contribution >= 4 is 39.7 Å². The molecule has 2 aromatic carbocycles. The molecular weight excluding hydrogens is 384 g/mol. The van der Waals surface area contributed by atoms with Crippen LogP contribution in [0.1, 0.15) is 15.9 Å². The Balaban J connectivity index is 2.11. The third-order valence-electron chi connectivity index (χ3n) is 2.92. The van der Waals surface area contributed by atoms with E-state index in [0.29, 0.717) is 22.1 Å². The Labute approximate surface area is 147 Å². The molecule has 0 fully saturated rings. The number of hydrazone groups is 1. The average Bonchev–Trinajstić information content (AvgIpc) is 2.54. The van der Waals surface area contributed by atoms with Gasteiger partial charge in [-0.3, -0.25) is 4.79 Å². The van der Waals surface area contributed by atoms with Crippen molar-refractivity contribution in [3.63, 3.8) is 0 Å². The Kier molecular flexibility index (Phi) is 6.01. The van der Waals surface area contributed by atoms with Crippen molar-refractivity contribution < 1.29 is 14.3 Å². The predicted molar refractivity (Wildman–Crippen MR) is 93.8 cm³/mol. The number of amides is 1. The van der Waals surface area contributed by atoms with Gasteiger partial charge in [0.15, 0.2) is 11.5 Å². The number of hydrogen-bond acceptors (Lipinski definition) is 4. The van der Waals surface area contributed by atoms with Crippen LogP contribution in [-0.2, 0) is 0 Å². The number of nitrogens with zero attached hydrogens (tertiary/aromatic N) is 1. The molecule has 0 bridgehead atoms. The highest BCUT2D eigenvalue weighted by Gasteiger charge is 2.10. The summed E-state index contributed by atoms with van der Waals surface area (Å²) >= 11 is 9.24. The summed E-state index contributed by atoms with van der Waals surface area (Å²) in [5.74, 6) is 0.806. The summed E-state index contributed by atoms with van der Waals surface area (Å²) in [6.07, 6.45) is 1.51. The van der Waals surface area contributed by atoms with Crippen molar-refractivity contribution in [3.05, 3.63) is 57.0 Å². The molecule has 0 aliphatic heterocycles. The lowest BCUT2D eigenvalue weighted by molar-refractivity contribution is 0.0955. The van der Waals surface area contributed by atoms with Gasteiger partial charge >= 0.3 is 0 Å². The second-order valence-electron chi connectivity index (χ2n) is 4.45. The minimum absolute atomic E-state index is 0.344. The predicted octanol–water partition coefficient (Wildman–Crippen LogP) is 3.88. The van der Waals surface area contributed by atoms with Crippen LogP contribution in [-0.4, -0.2) is 26.3 Å². The molecule has 1 N–H and O–H groups in total. The molecule has 120 valence electrons. The molecule has 0 aliphatic carbocycles. The van der Waals surface area contributed by atoms with Gasteiger partial charge in [-0.1, -0.05) is 17.7 Å². The number of carbonyl (C=O) groups is 1. The van der Waals surface area contributed by atoms with Crippen LogP contribution in [0, 0.1) is 0 Å². The van der Waals surface area contributed by atoms with Gasteiger partial charge in [-0.25, -0.2) is 5.43 Å². The Morgan fingerprint density at radius 2 is 2.04 bits per heavy atom. The maximum Gasteiger partial charge on any atom is 0.271 e. The van der Waals surface area contributed by atoms with Crippen LogP contribution in [0.5, 0.6) is 11.5 Å².